The van der Waals surface area contributed by atoms with E-state index < -0.39 is 0 Å². The van der Waals surface area contributed by atoms with Gasteiger partial charge in [0.25, 0.3) is 5.91 Å². The van der Waals surface area contributed by atoms with Gasteiger partial charge in [-0.05, 0) is 72.1 Å². The summed E-state index contributed by atoms with van der Waals surface area (Å²) in [5.74, 6) is 1.00. The normalized spacial score (nSPS) is 13.8. The number of rotatable bonds is 7. The van der Waals surface area contributed by atoms with E-state index in [9.17, 15) is 4.79 Å². The first-order valence-electron chi connectivity index (χ1n) is 9.31. The lowest BCUT2D eigenvalue weighted by molar-refractivity contribution is 0.0955. The second-order valence-electron chi connectivity index (χ2n) is 6.40. The molecule has 0 radical (unpaired) electrons. The zero-order valence-corrected chi connectivity index (χ0v) is 17.7. The number of methoxy groups -OCH3 is 1. The van der Waals surface area contributed by atoms with Gasteiger partial charge in [-0.3, -0.25) is 4.79 Å². The summed E-state index contributed by atoms with van der Waals surface area (Å²) in [5.41, 5.74) is 5.07. The maximum atomic E-state index is 12.3. The van der Waals surface area contributed by atoms with Crippen molar-refractivity contribution < 1.29 is 14.3 Å². The molecule has 1 aliphatic heterocycles. The van der Waals surface area contributed by atoms with Crippen molar-refractivity contribution in [3.8, 4) is 11.5 Å². The van der Waals surface area contributed by atoms with Gasteiger partial charge in [-0.1, -0.05) is 0 Å². The lowest BCUT2D eigenvalue weighted by atomic mass is 10.2. The van der Waals surface area contributed by atoms with Gasteiger partial charge < -0.3 is 14.4 Å². The third kappa shape index (κ3) is 4.84. The highest BCUT2D eigenvalue weighted by Gasteiger charge is 2.13. The number of hydrogen-bond donors (Lipinski definition) is 1. The van der Waals surface area contributed by atoms with Crippen molar-refractivity contribution in [1.82, 2.24) is 5.43 Å². The number of benzene rings is 2. The maximum Gasteiger partial charge on any atom is 0.271 e. The van der Waals surface area contributed by atoms with Crippen molar-refractivity contribution in [3.63, 3.8) is 0 Å². The van der Waals surface area contributed by atoms with Crippen molar-refractivity contribution in [1.29, 1.82) is 0 Å². The second-order valence-corrected chi connectivity index (χ2v) is 7.25. The molecule has 0 atom stereocenters. The summed E-state index contributed by atoms with van der Waals surface area (Å²) < 4.78 is 11.7. The standard InChI is InChI=1S/C21H24BrN3O3/c1-3-28-20-12-16(18(22)13-19(20)27-2)14-23-24-21(26)15-6-8-17(9-7-15)25-10-4-5-11-25/h6-9,12-14H,3-5,10-11H2,1-2H3,(H,24,26)/b23-14-. The molecule has 2 aromatic rings. The third-order valence-corrected chi connectivity index (χ3v) is 5.24. The van der Waals surface area contributed by atoms with E-state index in [4.69, 9.17) is 9.47 Å². The molecule has 7 heteroatoms. The summed E-state index contributed by atoms with van der Waals surface area (Å²) in [7, 11) is 1.59. The SMILES string of the molecule is CCOc1cc(/C=N\NC(=O)c2ccc(N3CCCC3)cc2)c(Br)cc1OC. The van der Waals surface area contributed by atoms with E-state index in [-0.39, 0.29) is 5.91 Å². The molecule has 2 aromatic carbocycles. The van der Waals surface area contributed by atoms with Gasteiger partial charge in [0.1, 0.15) is 0 Å². The molecule has 1 fully saturated rings. The first-order chi connectivity index (χ1) is 13.6. The van der Waals surface area contributed by atoms with E-state index in [0.717, 1.165) is 28.8 Å². The molecule has 1 aliphatic rings. The number of anilines is 1. The van der Waals surface area contributed by atoms with Crippen molar-refractivity contribution in [2.45, 2.75) is 19.8 Å². The molecular formula is C21H24BrN3O3. The molecule has 0 aliphatic carbocycles. The fraction of sp³-hybridized carbons (Fsp3) is 0.333. The molecule has 1 amide bonds. The molecule has 0 spiro atoms. The Hall–Kier alpha value is -2.54. The Labute approximate surface area is 173 Å². The minimum atomic E-state index is -0.251. The molecule has 1 heterocycles. The van der Waals surface area contributed by atoms with Crippen molar-refractivity contribution in [2.75, 3.05) is 31.7 Å². The summed E-state index contributed by atoms with van der Waals surface area (Å²) in [5, 5.41) is 4.07. The van der Waals surface area contributed by atoms with Crippen LogP contribution in [0.15, 0.2) is 46.0 Å². The van der Waals surface area contributed by atoms with Gasteiger partial charge in [0, 0.05) is 34.4 Å². The predicted octanol–water partition coefficient (Wildman–Crippen LogP) is 4.22. The third-order valence-electron chi connectivity index (χ3n) is 4.55. The molecule has 6 nitrogen and oxygen atoms in total. The smallest absolute Gasteiger partial charge is 0.271 e. The summed E-state index contributed by atoms with van der Waals surface area (Å²) in [6.45, 7) is 4.59. The van der Waals surface area contributed by atoms with Gasteiger partial charge in [-0.2, -0.15) is 5.10 Å². The number of carbonyl (C=O) groups is 1. The highest BCUT2D eigenvalue weighted by atomic mass is 79.9. The van der Waals surface area contributed by atoms with Crippen LogP contribution in [0, 0.1) is 0 Å². The van der Waals surface area contributed by atoms with Crippen LogP contribution >= 0.6 is 15.9 Å². The minimum absolute atomic E-state index is 0.251. The number of hydrazone groups is 1. The van der Waals surface area contributed by atoms with E-state index in [2.05, 4.69) is 31.4 Å². The molecule has 1 saturated heterocycles. The zero-order valence-electron chi connectivity index (χ0n) is 16.1. The number of nitrogens with zero attached hydrogens (tertiary/aromatic N) is 2. The molecule has 148 valence electrons. The lowest BCUT2D eigenvalue weighted by Crippen LogP contribution is -2.19. The number of carbonyl (C=O) groups excluding carboxylic acids is 1. The van der Waals surface area contributed by atoms with Crippen LogP contribution in [0.25, 0.3) is 0 Å². The Morgan fingerprint density at radius 3 is 2.57 bits per heavy atom. The van der Waals surface area contributed by atoms with Crippen LogP contribution in [-0.2, 0) is 0 Å². The first-order valence-corrected chi connectivity index (χ1v) is 10.1. The van der Waals surface area contributed by atoms with E-state index in [1.807, 2.05) is 43.3 Å². The van der Waals surface area contributed by atoms with E-state index >= 15 is 0 Å². The number of nitrogens with one attached hydrogen (secondary N) is 1. The Morgan fingerprint density at radius 1 is 1.21 bits per heavy atom. The summed E-state index contributed by atoms with van der Waals surface area (Å²) in [4.78, 5) is 14.7. The number of ether oxygens (including phenoxy) is 2. The molecule has 3 rings (SSSR count). The van der Waals surface area contributed by atoms with Crippen LogP contribution in [0.4, 0.5) is 5.69 Å². The first kappa shape index (κ1) is 20.2. The number of amides is 1. The van der Waals surface area contributed by atoms with E-state index in [0.29, 0.717) is 23.7 Å². The number of halogens is 1. The van der Waals surface area contributed by atoms with Gasteiger partial charge in [-0.15, -0.1) is 0 Å². The predicted molar refractivity (Wildman–Crippen MR) is 115 cm³/mol. The quantitative estimate of drug-likeness (QED) is 0.511. The fourth-order valence-corrected chi connectivity index (χ4v) is 3.53. The zero-order chi connectivity index (χ0) is 19.9. The average molecular weight is 446 g/mol. The molecule has 1 N–H and O–H groups in total. The van der Waals surface area contributed by atoms with Crippen LogP contribution in [0.5, 0.6) is 11.5 Å². The summed E-state index contributed by atoms with van der Waals surface area (Å²) >= 11 is 3.48. The highest BCUT2D eigenvalue weighted by Crippen LogP contribution is 2.32. The van der Waals surface area contributed by atoms with Crippen molar-refractivity contribution in [3.05, 3.63) is 52.0 Å². The molecule has 0 unspecified atom stereocenters. The fourth-order valence-electron chi connectivity index (χ4n) is 3.10. The van der Waals surface area contributed by atoms with Gasteiger partial charge in [0.2, 0.25) is 0 Å². The van der Waals surface area contributed by atoms with Crippen LogP contribution in [-0.4, -0.2) is 38.9 Å². The van der Waals surface area contributed by atoms with Crippen LogP contribution in [0.1, 0.15) is 35.7 Å². The van der Waals surface area contributed by atoms with Gasteiger partial charge >= 0.3 is 0 Å². The van der Waals surface area contributed by atoms with Gasteiger partial charge in [0.15, 0.2) is 11.5 Å². The lowest BCUT2D eigenvalue weighted by Gasteiger charge is -2.17. The summed E-state index contributed by atoms with van der Waals surface area (Å²) in [6.07, 6.45) is 4.02. The Kier molecular flexibility index (Phi) is 6.92. The van der Waals surface area contributed by atoms with Crippen molar-refractivity contribution in [2.24, 2.45) is 5.10 Å². The topological polar surface area (TPSA) is 63.2 Å². The Bertz CT molecular complexity index is 847. The number of hydrogen-bond acceptors (Lipinski definition) is 5. The molecular weight excluding hydrogens is 422 g/mol. The van der Waals surface area contributed by atoms with Gasteiger partial charge in [0.05, 0.1) is 19.9 Å². The second kappa shape index (κ2) is 9.59. The minimum Gasteiger partial charge on any atom is -0.493 e. The Balaban J connectivity index is 1.65. The van der Waals surface area contributed by atoms with Crippen LogP contribution < -0.4 is 19.8 Å². The van der Waals surface area contributed by atoms with Crippen molar-refractivity contribution >= 4 is 33.7 Å². The molecule has 28 heavy (non-hydrogen) atoms. The van der Waals surface area contributed by atoms with Crippen LogP contribution in [0.3, 0.4) is 0 Å². The van der Waals surface area contributed by atoms with Crippen LogP contribution in [0.2, 0.25) is 0 Å². The van der Waals surface area contributed by atoms with E-state index in [1.165, 1.54) is 12.8 Å². The molecule has 0 aromatic heterocycles. The maximum absolute atomic E-state index is 12.3. The molecule has 0 saturated carbocycles. The van der Waals surface area contributed by atoms with Gasteiger partial charge in [-0.25, -0.2) is 5.43 Å². The summed E-state index contributed by atoms with van der Waals surface area (Å²) in [6, 6.07) is 11.2. The monoisotopic (exact) mass is 445 g/mol. The largest absolute Gasteiger partial charge is 0.493 e. The Morgan fingerprint density at radius 2 is 1.93 bits per heavy atom. The van der Waals surface area contributed by atoms with E-state index in [1.54, 1.807) is 13.3 Å². The molecule has 0 bridgehead atoms. The average Bonchev–Trinajstić information content (AvgIpc) is 3.25. The highest BCUT2D eigenvalue weighted by molar-refractivity contribution is 9.10.